The number of nitrogens with zero attached hydrogens (tertiary/aromatic N) is 3. The van der Waals surface area contributed by atoms with Crippen molar-refractivity contribution < 1.29 is 4.79 Å². The number of carbonyl (C=O) groups excluding carboxylic acids is 1. The van der Waals surface area contributed by atoms with E-state index in [9.17, 15) is 4.79 Å². The van der Waals surface area contributed by atoms with E-state index in [1.807, 2.05) is 4.68 Å². The third-order valence-electron chi connectivity index (χ3n) is 2.65. The van der Waals surface area contributed by atoms with Gasteiger partial charge in [0.15, 0.2) is 0 Å². The monoisotopic (exact) mass is 266 g/mol. The van der Waals surface area contributed by atoms with Crippen LogP contribution in [0.15, 0.2) is 6.33 Å². The minimum Gasteiger partial charge on any atom is -0.312 e. The third kappa shape index (κ3) is 6.47. The van der Waals surface area contributed by atoms with Gasteiger partial charge in [0.25, 0.3) is 0 Å². The van der Waals surface area contributed by atoms with Crippen LogP contribution in [-0.2, 0) is 17.8 Å². The van der Waals surface area contributed by atoms with Crippen molar-refractivity contribution in [3.05, 3.63) is 12.2 Å². The van der Waals surface area contributed by atoms with E-state index < -0.39 is 0 Å². The molecule has 1 rings (SSSR count). The maximum absolute atomic E-state index is 11.9. The Labute approximate surface area is 115 Å². The molecule has 0 atom stereocenters. The van der Waals surface area contributed by atoms with Crippen LogP contribution in [0.5, 0.6) is 0 Å². The van der Waals surface area contributed by atoms with Crippen LogP contribution in [0, 0.1) is 5.92 Å². The molecule has 0 amide bonds. The van der Waals surface area contributed by atoms with Gasteiger partial charge < -0.3 is 5.32 Å². The van der Waals surface area contributed by atoms with Crippen LogP contribution in [0.4, 0.5) is 0 Å². The number of hydrogen-bond acceptors (Lipinski definition) is 4. The van der Waals surface area contributed by atoms with E-state index in [0.29, 0.717) is 25.3 Å². The molecular formula is C14H26N4O. The first kappa shape index (κ1) is 15.8. The second-order valence-electron chi connectivity index (χ2n) is 6.39. The summed E-state index contributed by atoms with van der Waals surface area (Å²) in [6.07, 6.45) is 2.43. The molecule has 0 bridgehead atoms. The van der Waals surface area contributed by atoms with Gasteiger partial charge in [-0.1, -0.05) is 13.8 Å². The van der Waals surface area contributed by atoms with Crippen molar-refractivity contribution in [3.8, 4) is 0 Å². The average Bonchev–Trinajstić information content (AvgIpc) is 2.62. The van der Waals surface area contributed by atoms with E-state index in [1.165, 1.54) is 6.33 Å². The lowest BCUT2D eigenvalue weighted by Crippen LogP contribution is -2.37. The summed E-state index contributed by atoms with van der Waals surface area (Å²) in [7, 11) is 0. The van der Waals surface area contributed by atoms with Crippen LogP contribution in [0.1, 0.15) is 46.9 Å². The molecule has 0 spiro atoms. The number of ketones is 1. The highest BCUT2D eigenvalue weighted by Gasteiger charge is 2.13. The summed E-state index contributed by atoms with van der Waals surface area (Å²) in [5.41, 5.74) is 0.0535. The van der Waals surface area contributed by atoms with Gasteiger partial charge in [-0.2, -0.15) is 5.10 Å². The molecule has 108 valence electrons. The lowest BCUT2D eigenvalue weighted by molar-refractivity contribution is -0.118. The highest BCUT2D eigenvalue weighted by Crippen LogP contribution is 2.04. The zero-order valence-corrected chi connectivity index (χ0v) is 12.7. The molecule has 1 N–H and O–H groups in total. The standard InChI is InChI=1S/C14H26N4O/c1-11(2)9-18-13(15-10-17-18)8-12(19)6-7-16-14(3,4)5/h10-11,16H,6-9H2,1-5H3. The quantitative estimate of drug-likeness (QED) is 0.818. The van der Waals surface area contributed by atoms with Crippen LogP contribution >= 0.6 is 0 Å². The smallest absolute Gasteiger partial charge is 0.141 e. The van der Waals surface area contributed by atoms with E-state index in [2.05, 4.69) is 50.0 Å². The first-order valence-electron chi connectivity index (χ1n) is 6.91. The van der Waals surface area contributed by atoms with Crippen molar-refractivity contribution in [3.63, 3.8) is 0 Å². The maximum Gasteiger partial charge on any atom is 0.141 e. The lowest BCUT2D eigenvalue weighted by Gasteiger charge is -2.20. The predicted molar refractivity (Wildman–Crippen MR) is 75.9 cm³/mol. The van der Waals surface area contributed by atoms with E-state index in [1.54, 1.807) is 0 Å². The van der Waals surface area contributed by atoms with Crippen molar-refractivity contribution in [2.75, 3.05) is 6.54 Å². The fourth-order valence-corrected chi connectivity index (χ4v) is 1.77. The summed E-state index contributed by atoms with van der Waals surface area (Å²) in [5.74, 6) is 1.47. The highest BCUT2D eigenvalue weighted by atomic mass is 16.1. The van der Waals surface area contributed by atoms with Crippen molar-refractivity contribution >= 4 is 5.78 Å². The first-order chi connectivity index (χ1) is 8.78. The first-order valence-corrected chi connectivity index (χ1v) is 6.91. The molecule has 0 unspecified atom stereocenters. The van der Waals surface area contributed by atoms with E-state index in [0.717, 1.165) is 12.4 Å². The van der Waals surface area contributed by atoms with Gasteiger partial charge in [-0.25, -0.2) is 9.67 Å². The molecule has 1 heterocycles. The third-order valence-corrected chi connectivity index (χ3v) is 2.65. The molecule has 0 fully saturated rings. The average molecular weight is 266 g/mol. The van der Waals surface area contributed by atoms with Gasteiger partial charge in [-0.3, -0.25) is 4.79 Å². The Morgan fingerprint density at radius 2 is 2.11 bits per heavy atom. The number of nitrogens with one attached hydrogen (secondary N) is 1. The lowest BCUT2D eigenvalue weighted by atomic mass is 10.1. The topological polar surface area (TPSA) is 59.8 Å². The Bertz CT molecular complexity index is 404. The zero-order valence-electron chi connectivity index (χ0n) is 12.7. The fraction of sp³-hybridized carbons (Fsp3) is 0.786. The summed E-state index contributed by atoms with van der Waals surface area (Å²) in [6.45, 7) is 12.1. The van der Waals surface area contributed by atoms with Crippen molar-refractivity contribution in [2.45, 2.75) is 59.5 Å². The number of hydrogen-bond donors (Lipinski definition) is 1. The molecule has 0 aliphatic carbocycles. The maximum atomic E-state index is 11.9. The summed E-state index contributed by atoms with van der Waals surface area (Å²) < 4.78 is 1.83. The normalized spacial score (nSPS) is 12.1. The van der Waals surface area contributed by atoms with Crippen molar-refractivity contribution in [1.29, 1.82) is 0 Å². The Morgan fingerprint density at radius 1 is 1.42 bits per heavy atom. The molecule has 5 nitrogen and oxygen atoms in total. The molecule has 0 radical (unpaired) electrons. The van der Waals surface area contributed by atoms with Crippen LogP contribution in [-0.4, -0.2) is 32.6 Å². The number of carbonyl (C=O) groups is 1. The molecule has 0 saturated heterocycles. The van der Waals surface area contributed by atoms with Gasteiger partial charge in [0, 0.05) is 25.0 Å². The van der Waals surface area contributed by atoms with Crippen LogP contribution in [0.3, 0.4) is 0 Å². The number of rotatable bonds is 7. The molecule has 0 aliphatic rings. The van der Waals surface area contributed by atoms with E-state index in [4.69, 9.17) is 0 Å². The van der Waals surface area contributed by atoms with E-state index >= 15 is 0 Å². The largest absolute Gasteiger partial charge is 0.312 e. The van der Waals surface area contributed by atoms with E-state index in [-0.39, 0.29) is 11.3 Å². The molecule has 5 heteroatoms. The van der Waals surface area contributed by atoms with Gasteiger partial charge in [-0.05, 0) is 26.7 Å². The minimum absolute atomic E-state index is 0.0535. The van der Waals surface area contributed by atoms with Crippen molar-refractivity contribution in [2.24, 2.45) is 5.92 Å². The van der Waals surface area contributed by atoms with Gasteiger partial charge in [0.05, 0.1) is 6.42 Å². The summed E-state index contributed by atoms with van der Waals surface area (Å²) >= 11 is 0. The van der Waals surface area contributed by atoms with Crippen LogP contribution in [0.25, 0.3) is 0 Å². The molecule has 1 aromatic heterocycles. The summed E-state index contributed by atoms with van der Waals surface area (Å²) in [4.78, 5) is 16.1. The van der Waals surface area contributed by atoms with Gasteiger partial charge in [-0.15, -0.1) is 0 Å². The second-order valence-corrected chi connectivity index (χ2v) is 6.39. The molecule has 0 aliphatic heterocycles. The van der Waals surface area contributed by atoms with Gasteiger partial charge in [0.1, 0.15) is 17.9 Å². The Hall–Kier alpha value is -1.23. The zero-order chi connectivity index (χ0) is 14.5. The van der Waals surface area contributed by atoms with Crippen LogP contribution in [0.2, 0.25) is 0 Å². The number of Topliss-reactive ketones (excluding diaryl/α,β-unsaturated/α-hetero) is 1. The molecular weight excluding hydrogens is 240 g/mol. The summed E-state index contributed by atoms with van der Waals surface area (Å²) in [5, 5.41) is 7.48. The number of aromatic nitrogens is 3. The predicted octanol–water partition coefficient (Wildman–Crippen LogP) is 1.82. The van der Waals surface area contributed by atoms with Crippen molar-refractivity contribution in [1.82, 2.24) is 20.1 Å². The second kappa shape index (κ2) is 6.80. The molecule has 19 heavy (non-hydrogen) atoms. The molecule has 0 aromatic carbocycles. The Balaban J connectivity index is 2.42. The van der Waals surface area contributed by atoms with Gasteiger partial charge >= 0.3 is 0 Å². The Kier molecular flexibility index (Phi) is 5.66. The molecule has 1 aromatic rings. The Morgan fingerprint density at radius 3 is 2.68 bits per heavy atom. The van der Waals surface area contributed by atoms with Crippen LogP contribution < -0.4 is 5.32 Å². The molecule has 0 saturated carbocycles. The van der Waals surface area contributed by atoms with Gasteiger partial charge in [0.2, 0.25) is 0 Å². The SMILES string of the molecule is CC(C)Cn1ncnc1CC(=O)CCNC(C)(C)C. The summed E-state index contributed by atoms with van der Waals surface area (Å²) in [6, 6.07) is 0. The fourth-order valence-electron chi connectivity index (χ4n) is 1.77. The minimum atomic E-state index is 0.0535. The highest BCUT2D eigenvalue weighted by molar-refractivity contribution is 5.80.